The smallest absolute Gasteiger partial charge is 0.135 e. The monoisotopic (exact) mass is 352 g/mol. The molecule has 4 rings (SSSR count). The van der Waals surface area contributed by atoms with Crippen molar-refractivity contribution in [3.05, 3.63) is 65.6 Å². The summed E-state index contributed by atoms with van der Waals surface area (Å²) in [4.78, 5) is 11.1. The summed E-state index contributed by atoms with van der Waals surface area (Å²) in [5, 5.41) is 7.80. The highest BCUT2D eigenvalue weighted by Gasteiger charge is 2.17. The predicted molar refractivity (Wildman–Crippen MR) is 97.9 cm³/mol. The van der Waals surface area contributed by atoms with Crippen LogP contribution < -0.4 is 10.2 Å². The SMILES string of the molecule is CN(Cc1cnn(-c2ccc(F)cc2)c1)c1ncnc2c1CCNCC2. The third-order valence-corrected chi connectivity index (χ3v) is 4.61. The molecule has 0 bridgehead atoms. The van der Waals surface area contributed by atoms with Crippen molar-refractivity contribution in [2.24, 2.45) is 0 Å². The molecule has 6 nitrogen and oxygen atoms in total. The van der Waals surface area contributed by atoms with Crippen LogP contribution in [0.25, 0.3) is 5.69 Å². The minimum Gasteiger partial charge on any atom is -0.355 e. The van der Waals surface area contributed by atoms with Gasteiger partial charge in [0.05, 0.1) is 17.6 Å². The second kappa shape index (κ2) is 7.21. The Bertz CT molecular complexity index is 889. The minimum atomic E-state index is -0.250. The summed E-state index contributed by atoms with van der Waals surface area (Å²) in [6.45, 7) is 2.60. The fourth-order valence-electron chi connectivity index (χ4n) is 3.31. The zero-order valence-electron chi connectivity index (χ0n) is 14.7. The van der Waals surface area contributed by atoms with Crippen LogP contribution >= 0.6 is 0 Å². The van der Waals surface area contributed by atoms with Gasteiger partial charge in [0.15, 0.2) is 0 Å². The quantitative estimate of drug-likeness (QED) is 0.779. The maximum absolute atomic E-state index is 13.1. The molecule has 26 heavy (non-hydrogen) atoms. The Balaban J connectivity index is 1.54. The highest BCUT2D eigenvalue weighted by atomic mass is 19.1. The lowest BCUT2D eigenvalue weighted by atomic mass is 10.1. The molecule has 3 aromatic rings. The van der Waals surface area contributed by atoms with E-state index in [1.807, 2.05) is 19.4 Å². The molecule has 0 aliphatic carbocycles. The summed E-state index contributed by atoms with van der Waals surface area (Å²) < 4.78 is 14.8. The van der Waals surface area contributed by atoms with E-state index in [-0.39, 0.29) is 5.82 Å². The molecule has 0 saturated heterocycles. The molecule has 134 valence electrons. The van der Waals surface area contributed by atoms with Gasteiger partial charge in [0, 0.05) is 43.9 Å². The van der Waals surface area contributed by atoms with E-state index in [1.54, 1.807) is 23.1 Å². The van der Waals surface area contributed by atoms with Gasteiger partial charge in [-0.1, -0.05) is 0 Å². The van der Waals surface area contributed by atoms with Crippen LogP contribution in [0.3, 0.4) is 0 Å². The van der Waals surface area contributed by atoms with Gasteiger partial charge in [-0.2, -0.15) is 5.10 Å². The van der Waals surface area contributed by atoms with E-state index in [0.29, 0.717) is 6.54 Å². The van der Waals surface area contributed by atoms with Gasteiger partial charge in [-0.15, -0.1) is 0 Å². The fraction of sp³-hybridized carbons (Fsp3) is 0.316. The Kier molecular flexibility index (Phi) is 4.62. The molecule has 0 atom stereocenters. The minimum absolute atomic E-state index is 0.250. The molecule has 0 spiro atoms. The topological polar surface area (TPSA) is 58.9 Å². The average molecular weight is 352 g/mol. The zero-order valence-corrected chi connectivity index (χ0v) is 14.7. The predicted octanol–water partition coefficient (Wildman–Crippen LogP) is 2.13. The summed E-state index contributed by atoms with van der Waals surface area (Å²) in [5.41, 5.74) is 4.26. The molecule has 0 fully saturated rings. The van der Waals surface area contributed by atoms with Crippen LogP contribution in [-0.2, 0) is 19.4 Å². The van der Waals surface area contributed by atoms with Crippen LogP contribution in [0.4, 0.5) is 10.2 Å². The zero-order chi connectivity index (χ0) is 17.9. The lowest BCUT2D eigenvalue weighted by Gasteiger charge is -2.21. The third kappa shape index (κ3) is 3.43. The van der Waals surface area contributed by atoms with Crippen LogP contribution in [0.5, 0.6) is 0 Å². The number of aromatic nitrogens is 4. The van der Waals surface area contributed by atoms with Gasteiger partial charge < -0.3 is 10.2 Å². The molecule has 1 N–H and O–H groups in total. The summed E-state index contributed by atoms with van der Waals surface area (Å²) in [7, 11) is 2.04. The standard InChI is InChI=1S/C19H21FN6/c1-25(19-17-6-8-21-9-7-18(17)22-13-23-19)11-14-10-24-26(12-14)16-4-2-15(20)3-5-16/h2-5,10,12-13,21H,6-9,11H2,1H3. The lowest BCUT2D eigenvalue weighted by molar-refractivity contribution is 0.627. The maximum Gasteiger partial charge on any atom is 0.135 e. The molecule has 3 heterocycles. The molecule has 0 radical (unpaired) electrons. The Labute approximate surface area is 151 Å². The Morgan fingerprint density at radius 1 is 1.15 bits per heavy atom. The second-order valence-electron chi connectivity index (χ2n) is 6.50. The van der Waals surface area contributed by atoms with Crippen LogP contribution in [0.2, 0.25) is 0 Å². The first-order valence-electron chi connectivity index (χ1n) is 8.75. The molecular weight excluding hydrogens is 331 g/mol. The number of hydrogen-bond donors (Lipinski definition) is 1. The van der Waals surface area contributed by atoms with Gasteiger partial charge in [-0.3, -0.25) is 0 Å². The highest BCUT2D eigenvalue weighted by molar-refractivity contribution is 5.49. The lowest BCUT2D eigenvalue weighted by Crippen LogP contribution is -2.21. The number of rotatable bonds is 4. The van der Waals surface area contributed by atoms with Gasteiger partial charge >= 0.3 is 0 Å². The number of anilines is 1. The molecule has 1 aliphatic heterocycles. The second-order valence-corrected chi connectivity index (χ2v) is 6.50. The third-order valence-electron chi connectivity index (χ3n) is 4.61. The molecule has 0 saturated carbocycles. The number of benzene rings is 1. The van der Waals surface area contributed by atoms with Crippen molar-refractivity contribution >= 4 is 5.82 Å². The van der Waals surface area contributed by atoms with Crippen molar-refractivity contribution in [2.45, 2.75) is 19.4 Å². The summed E-state index contributed by atoms with van der Waals surface area (Å²) in [5.74, 6) is 0.730. The van der Waals surface area contributed by atoms with E-state index in [9.17, 15) is 4.39 Å². The number of hydrogen-bond acceptors (Lipinski definition) is 5. The molecule has 7 heteroatoms. The van der Waals surface area contributed by atoms with Gasteiger partial charge in [-0.25, -0.2) is 19.0 Å². The first-order chi connectivity index (χ1) is 12.7. The van der Waals surface area contributed by atoms with Crippen LogP contribution in [0.1, 0.15) is 16.8 Å². The summed E-state index contributed by atoms with van der Waals surface area (Å²) in [6, 6.07) is 6.31. The van der Waals surface area contributed by atoms with E-state index in [4.69, 9.17) is 0 Å². The fourth-order valence-corrected chi connectivity index (χ4v) is 3.31. The highest BCUT2D eigenvalue weighted by Crippen LogP contribution is 2.22. The van der Waals surface area contributed by atoms with Crippen LogP contribution in [0, 0.1) is 5.82 Å². The first-order valence-corrected chi connectivity index (χ1v) is 8.75. The van der Waals surface area contributed by atoms with Crippen molar-refractivity contribution in [1.29, 1.82) is 0 Å². The molecule has 0 amide bonds. The number of nitrogens with one attached hydrogen (secondary N) is 1. The molecular formula is C19H21FN6. The first kappa shape index (κ1) is 16.7. The Morgan fingerprint density at radius 2 is 1.96 bits per heavy atom. The van der Waals surface area contributed by atoms with Gasteiger partial charge in [0.1, 0.15) is 18.0 Å². The summed E-state index contributed by atoms with van der Waals surface area (Å²) >= 11 is 0. The van der Waals surface area contributed by atoms with Crippen LogP contribution in [-0.4, -0.2) is 39.9 Å². The van der Waals surface area contributed by atoms with Crippen molar-refractivity contribution in [1.82, 2.24) is 25.1 Å². The van der Waals surface area contributed by atoms with Crippen molar-refractivity contribution in [3.8, 4) is 5.69 Å². The number of nitrogens with zero attached hydrogens (tertiary/aromatic N) is 5. The van der Waals surface area contributed by atoms with E-state index >= 15 is 0 Å². The summed E-state index contributed by atoms with van der Waals surface area (Å²) in [6.07, 6.45) is 7.32. The molecule has 2 aromatic heterocycles. The van der Waals surface area contributed by atoms with E-state index in [1.165, 1.54) is 17.7 Å². The van der Waals surface area contributed by atoms with Gasteiger partial charge in [-0.05, 0) is 37.2 Å². The van der Waals surface area contributed by atoms with Crippen molar-refractivity contribution < 1.29 is 4.39 Å². The Hall–Kier alpha value is -2.80. The van der Waals surface area contributed by atoms with Gasteiger partial charge in [0.25, 0.3) is 0 Å². The largest absolute Gasteiger partial charge is 0.355 e. The molecule has 0 unspecified atom stereocenters. The van der Waals surface area contributed by atoms with E-state index in [0.717, 1.165) is 48.7 Å². The Morgan fingerprint density at radius 3 is 2.81 bits per heavy atom. The average Bonchev–Trinajstić information content (AvgIpc) is 2.97. The van der Waals surface area contributed by atoms with Crippen LogP contribution in [0.15, 0.2) is 43.0 Å². The van der Waals surface area contributed by atoms with E-state index in [2.05, 4.69) is 25.3 Å². The van der Waals surface area contributed by atoms with Gasteiger partial charge in [0.2, 0.25) is 0 Å². The van der Waals surface area contributed by atoms with Crippen molar-refractivity contribution in [3.63, 3.8) is 0 Å². The van der Waals surface area contributed by atoms with E-state index < -0.39 is 0 Å². The normalized spacial score (nSPS) is 13.9. The molecule has 1 aliphatic rings. The number of halogens is 1. The maximum atomic E-state index is 13.1. The molecule has 1 aromatic carbocycles. The number of fused-ring (bicyclic) bond motifs is 1. The van der Waals surface area contributed by atoms with Crippen molar-refractivity contribution in [2.75, 3.05) is 25.0 Å².